The minimum atomic E-state index is 0.151. The Morgan fingerprint density at radius 1 is 1.38 bits per heavy atom. The number of Topliss-reactive ketones (excluding diaryl/α,β-unsaturated/α-hetero) is 1. The molecule has 0 heterocycles. The highest BCUT2D eigenvalue weighted by atomic mass is 16.5. The minimum absolute atomic E-state index is 0.151. The number of carbonyl (C=O) groups excluding carboxylic acids is 1. The normalized spacial score (nSPS) is 10.6. The first-order chi connectivity index (χ1) is 7.77. The van der Waals surface area contributed by atoms with Crippen molar-refractivity contribution >= 4 is 11.9 Å². The SMILES string of the molecule is CC=Cc1ccccc1OCC(=O)CCC. The van der Waals surface area contributed by atoms with Crippen LogP contribution in [0.4, 0.5) is 0 Å². The van der Waals surface area contributed by atoms with Gasteiger partial charge in [-0.3, -0.25) is 4.79 Å². The molecule has 0 spiro atoms. The molecule has 0 saturated heterocycles. The zero-order chi connectivity index (χ0) is 11.8. The summed E-state index contributed by atoms with van der Waals surface area (Å²) >= 11 is 0. The molecular weight excluding hydrogens is 200 g/mol. The fourth-order valence-electron chi connectivity index (χ4n) is 1.44. The van der Waals surface area contributed by atoms with Crippen molar-refractivity contribution in [2.75, 3.05) is 6.61 Å². The first kappa shape index (κ1) is 12.5. The molecule has 16 heavy (non-hydrogen) atoms. The molecule has 0 saturated carbocycles. The predicted octanol–water partition coefficient (Wildman–Crippen LogP) is 3.47. The molecule has 0 N–H and O–H groups in total. The van der Waals surface area contributed by atoms with Crippen molar-refractivity contribution in [3.8, 4) is 5.75 Å². The molecule has 0 amide bonds. The van der Waals surface area contributed by atoms with Gasteiger partial charge in [0.1, 0.15) is 12.4 Å². The van der Waals surface area contributed by atoms with Crippen LogP contribution in [0.15, 0.2) is 30.3 Å². The second-order valence-corrected chi connectivity index (χ2v) is 3.62. The number of hydrogen-bond donors (Lipinski definition) is 0. The number of carbonyl (C=O) groups is 1. The molecular formula is C14H18O2. The van der Waals surface area contributed by atoms with Crippen LogP contribution in [0.2, 0.25) is 0 Å². The van der Waals surface area contributed by atoms with Crippen LogP contribution in [0, 0.1) is 0 Å². The van der Waals surface area contributed by atoms with Gasteiger partial charge < -0.3 is 4.74 Å². The lowest BCUT2D eigenvalue weighted by Crippen LogP contribution is -2.10. The summed E-state index contributed by atoms with van der Waals surface area (Å²) < 4.78 is 5.50. The van der Waals surface area contributed by atoms with E-state index in [4.69, 9.17) is 4.74 Å². The smallest absolute Gasteiger partial charge is 0.170 e. The van der Waals surface area contributed by atoms with E-state index in [1.807, 2.05) is 50.3 Å². The summed E-state index contributed by atoms with van der Waals surface area (Å²) in [7, 11) is 0. The van der Waals surface area contributed by atoms with Gasteiger partial charge in [0, 0.05) is 12.0 Å². The maximum absolute atomic E-state index is 11.3. The lowest BCUT2D eigenvalue weighted by Gasteiger charge is -2.07. The first-order valence-corrected chi connectivity index (χ1v) is 5.64. The third-order valence-electron chi connectivity index (χ3n) is 2.18. The number of rotatable bonds is 6. The van der Waals surface area contributed by atoms with Gasteiger partial charge in [0.25, 0.3) is 0 Å². The third-order valence-corrected chi connectivity index (χ3v) is 2.18. The Bertz CT molecular complexity index is 367. The molecule has 0 fully saturated rings. The van der Waals surface area contributed by atoms with E-state index < -0.39 is 0 Å². The standard InChI is InChI=1S/C14H18O2/c1-3-7-12-9-5-6-10-14(12)16-11-13(15)8-4-2/h3,5-7,9-10H,4,8,11H2,1-2H3. The Labute approximate surface area is 96.9 Å². The van der Waals surface area contributed by atoms with Crippen molar-refractivity contribution in [2.24, 2.45) is 0 Å². The van der Waals surface area contributed by atoms with Gasteiger partial charge in [0.2, 0.25) is 0 Å². The lowest BCUT2D eigenvalue weighted by molar-refractivity contribution is -0.121. The van der Waals surface area contributed by atoms with E-state index in [1.54, 1.807) is 0 Å². The molecule has 2 nitrogen and oxygen atoms in total. The number of benzene rings is 1. The lowest BCUT2D eigenvalue weighted by atomic mass is 10.2. The molecule has 0 unspecified atom stereocenters. The summed E-state index contributed by atoms with van der Waals surface area (Å²) in [6.07, 6.45) is 5.39. The van der Waals surface area contributed by atoms with Gasteiger partial charge in [0.15, 0.2) is 5.78 Å². The summed E-state index contributed by atoms with van der Waals surface area (Å²) in [5.41, 5.74) is 1.01. The van der Waals surface area contributed by atoms with Crippen LogP contribution < -0.4 is 4.74 Å². The zero-order valence-corrected chi connectivity index (χ0v) is 9.90. The molecule has 0 bridgehead atoms. The number of ether oxygens (including phenoxy) is 1. The van der Waals surface area contributed by atoms with Gasteiger partial charge in [-0.1, -0.05) is 37.3 Å². The van der Waals surface area contributed by atoms with E-state index in [0.717, 1.165) is 17.7 Å². The summed E-state index contributed by atoms with van der Waals surface area (Å²) in [5.74, 6) is 0.919. The molecule has 1 aromatic carbocycles. The second-order valence-electron chi connectivity index (χ2n) is 3.62. The van der Waals surface area contributed by atoms with Crippen LogP contribution >= 0.6 is 0 Å². The highest BCUT2D eigenvalue weighted by Gasteiger charge is 2.03. The summed E-state index contributed by atoms with van der Waals surface area (Å²) in [4.78, 5) is 11.3. The molecule has 86 valence electrons. The van der Waals surface area contributed by atoms with E-state index in [9.17, 15) is 4.79 Å². The van der Waals surface area contributed by atoms with Crippen LogP contribution in [0.25, 0.3) is 6.08 Å². The molecule has 0 aliphatic rings. The van der Waals surface area contributed by atoms with Crippen molar-refractivity contribution in [3.05, 3.63) is 35.9 Å². The Morgan fingerprint density at radius 3 is 2.81 bits per heavy atom. The van der Waals surface area contributed by atoms with Crippen LogP contribution in [0.1, 0.15) is 32.3 Å². The van der Waals surface area contributed by atoms with Crippen LogP contribution in [-0.2, 0) is 4.79 Å². The van der Waals surface area contributed by atoms with Gasteiger partial charge in [-0.2, -0.15) is 0 Å². The monoisotopic (exact) mass is 218 g/mol. The molecule has 2 heteroatoms. The molecule has 1 aromatic rings. The van der Waals surface area contributed by atoms with Crippen molar-refractivity contribution < 1.29 is 9.53 Å². The maximum atomic E-state index is 11.3. The molecule has 0 aromatic heterocycles. The van der Waals surface area contributed by atoms with Crippen molar-refractivity contribution in [3.63, 3.8) is 0 Å². The largest absolute Gasteiger partial charge is 0.485 e. The van der Waals surface area contributed by atoms with Crippen molar-refractivity contribution in [2.45, 2.75) is 26.7 Å². The molecule has 1 rings (SSSR count). The third kappa shape index (κ3) is 3.89. The Morgan fingerprint density at radius 2 is 2.12 bits per heavy atom. The summed E-state index contributed by atoms with van der Waals surface area (Å²) in [5, 5.41) is 0. The van der Waals surface area contributed by atoms with Crippen molar-refractivity contribution in [1.82, 2.24) is 0 Å². The molecule has 0 atom stereocenters. The number of allylic oxidation sites excluding steroid dienone is 1. The van der Waals surface area contributed by atoms with Crippen LogP contribution in [0.3, 0.4) is 0 Å². The molecule has 0 radical (unpaired) electrons. The van der Waals surface area contributed by atoms with Gasteiger partial charge in [-0.25, -0.2) is 0 Å². The van der Waals surface area contributed by atoms with E-state index in [1.165, 1.54) is 0 Å². The van der Waals surface area contributed by atoms with Crippen LogP contribution in [0.5, 0.6) is 5.75 Å². The number of hydrogen-bond acceptors (Lipinski definition) is 2. The predicted molar refractivity (Wildman–Crippen MR) is 66.6 cm³/mol. The van der Waals surface area contributed by atoms with Gasteiger partial charge in [-0.15, -0.1) is 0 Å². The van der Waals surface area contributed by atoms with Gasteiger partial charge in [-0.05, 0) is 19.4 Å². The van der Waals surface area contributed by atoms with E-state index in [-0.39, 0.29) is 12.4 Å². The fraction of sp³-hybridized carbons (Fsp3) is 0.357. The average Bonchev–Trinajstić information content (AvgIpc) is 2.29. The Balaban J connectivity index is 2.62. The zero-order valence-electron chi connectivity index (χ0n) is 9.90. The second kappa shape index (κ2) is 6.83. The highest BCUT2D eigenvalue weighted by molar-refractivity contribution is 5.80. The number of para-hydroxylation sites is 1. The van der Waals surface area contributed by atoms with E-state index in [2.05, 4.69) is 0 Å². The average molecular weight is 218 g/mol. The Kier molecular flexibility index (Phi) is 5.34. The quantitative estimate of drug-likeness (QED) is 0.730. The topological polar surface area (TPSA) is 26.3 Å². The van der Waals surface area contributed by atoms with Crippen LogP contribution in [-0.4, -0.2) is 12.4 Å². The minimum Gasteiger partial charge on any atom is -0.485 e. The van der Waals surface area contributed by atoms with Gasteiger partial charge >= 0.3 is 0 Å². The van der Waals surface area contributed by atoms with Crippen molar-refractivity contribution in [1.29, 1.82) is 0 Å². The number of ketones is 1. The fourth-order valence-corrected chi connectivity index (χ4v) is 1.44. The summed E-state index contributed by atoms with van der Waals surface area (Å²) in [6.45, 7) is 4.12. The maximum Gasteiger partial charge on any atom is 0.170 e. The highest BCUT2D eigenvalue weighted by Crippen LogP contribution is 2.19. The first-order valence-electron chi connectivity index (χ1n) is 5.64. The summed E-state index contributed by atoms with van der Waals surface area (Å²) in [6, 6.07) is 7.72. The van der Waals surface area contributed by atoms with E-state index >= 15 is 0 Å². The van der Waals surface area contributed by atoms with E-state index in [0.29, 0.717) is 6.42 Å². The van der Waals surface area contributed by atoms with Gasteiger partial charge in [0.05, 0.1) is 0 Å². The molecule has 0 aliphatic heterocycles. The molecule has 0 aliphatic carbocycles. The Hall–Kier alpha value is -1.57.